The number of aliphatic hydroxyl groups is 1. The molecule has 0 aliphatic carbocycles. The first kappa shape index (κ1) is 26.0. The van der Waals surface area contributed by atoms with Crippen LogP contribution in [0.25, 0.3) is 5.76 Å². The fourth-order valence-electron chi connectivity index (χ4n) is 4.92. The quantitative estimate of drug-likeness (QED) is 0.252. The van der Waals surface area contributed by atoms with Crippen molar-refractivity contribution >= 4 is 34.5 Å². The van der Waals surface area contributed by atoms with Crippen molar-refractivity contribution < 1.29 is 14.7 Å². The average molecular weight is 498 g/mol. The van der Waals surface area contributed by atoms with Crippen molar-refractivity contribution in [3.8, 4) is 0 Å². The van der Waals surface area contributed by atoms with Crippen molar-refractivity contribution in [2.45, 2.75) is 33.7 Å². The first-order valence-electron chi connectivity index (χ1n) is 12.7. The summed E-state index contributed by atoms with van der Waals surface area (Å²) in [6, 6.07) is 20.4. The van der Waals surface area contributed by atoms with Crippen molar-refractivity contribution in [2.24, 2.45) is 0 Å². The lowest BCUT2D eigenvalue weighted by molar-refractivity contribution is -0.132. The number of hydrogen-bond donors (Lipinski definition) is 1. The van der Waals surface area contributed by atoms with Gasteiger partial charge in [-0.25, -0.2) is 0 Å². The Kier molecular flexibility index (Phi) is 7.39. The van der Waals surface area contributed by atoms with Gasteiger partial charge in [0.1, 0.15) is 5.76 Å². The number of amides is 1. The predicted octanol–water partition coefficient (Wildman–Crippen LogP) is 5.84. The van der Waals surface area contributed by atoms with E-state index >= 15 is 0 Å². The molecule has 1 aliphatic heterocycles. The van der Waals surface area contributed by atoms with Gasteiger partial charge in [-0.3, -0.25) is 14.5 Å². The molecule has 1 saturated heterocycles. The van der Waals surface area contributed by atoms with E-state index < -0.39 is 17.7 Å². The third kappa shape index (κ3) is 4.84. The highest BCUT2D eigenvalue weighted by molar-refractivity contribution is 6.51. The van der Waals surface area contributed by atoms with Crippen LogP contribution in [-0.4, -0.2) is 44.0 Å². The first-order chi connectivity index (χ1) is 17.7. The highest BCUT2D eigenvalue weighted by Gasteiger charge is 2.47. The monoisotopic (exact) mass is 497 g/mol. The van der Waals surface area contributed by atoms with Gasteiger partial charge in [-0.1, -0.05) is 29.8 Å². The minimum atomic E-state index is -0.754. The van der Waals surface area contributed by atoms with Crippen LogP contribution in [0.4, 0.5) is 17.1 Å². The van der Waals surface area contributed by atoms with Gasteiger partial charge < -0.3 is 14.9 Å². The zero-order chi connectivity index (χ0) is 26.9. The summed E-state index contributed by atoms with van der Waals surface area (Å²) in [7, 11) is 3.89. The number of Topliss-reactive ketones (excluding diaryl/α,β-unsaturated/α-hetero) is 1. The van der Waals surface area contributed by atoms with Crippen molar-refractivity contribution in [1.82, 2.24) is 0 Å². The molecule has 6 nitrogen and oxygen atoms in total. The highest BCUT2D eigenvalue weighted by Crippen LogP contribution is 2.43. The summed E-state index contributed by atoms with van der Waals surface area (Å²) in [6.45, 7) is 9.78. The maximum atomic E-state index is 13.5. The molecule has 1 unspecified atom stereocenters. The number of aryl methyl sites for hydroxylation is 2. The molecular formula is C31H35N3O3. The SMILES string of the molecule is CCN(CC)c1ccc(C2/C(=C(\O)c3cc(C)ccc3C)C(=O)C(=O)N2c2ccc(N(C)C)cc2)cc1. The third-order valence-electron chi connectivity index (χ3n) is 7.07. The highest BCUT2D eigenvalue weighted by atomic mass is 16.3. The molecule has 3 aromatic carbocycles. The molecule has 3 aromatic rings. The Hall–Kier alpha value is -4.06. The van der Waals surface area contributed by atoms with Crippen LogP contribution in [0.5, 0.6) is 0 Å². The summed E-state index contributed by atoms with van der Waals surface area (Å²) < 4.78 is 0. The summed E-state index contributed by atoms with van der Waals surface area (Å²) in [5.41, 5.74) is 5.87. The second-order valence-electron chi connectivity index (χ2n) is 9.66. The van der Waals surface area contributed by atoms with Gasteiger partial charge >= 0.3 is 0 Å². The Morgan fingerprint density at radius 2 is 1.46 bits per heavy atom. The van der Waals surface area contributed by atoms with Gasteiger partial charge in [0, 0.05) is 49.8 Å². The molecule has 6 heteroatoms. The Morgan fingerprint density at radius 1 is 0.865 bits per heavy atom. The van der Waals surface area contributed by atoms with Gasteiger partial charge in [0.25, 0.3) is 11.7 Å². The molecule has 1 N–H and O–H groups in total. The number of hydrogen-bond acceptors (Lipinski definition) is 5. The van der Waals surface area contributed by atoms with E-state index in [2.05, 4.69) is 18.7 Å². The average Bonchev–Trinajstić information content (AvgIpc) is 3.16. The van der Waals surface area contributed by atoms with E-state index in [1.165, 1.54) is 4.90 Å². The lowest BCUT2D eigenvalue weighted by Gasteiger charge is -2.27. The van der Waals surface area contributed by atoms with Crippen molar-refractivity contribution in [2.75, 3.05) is 41.9 Å². The van der Waals surface area contributed by atoms with Gasteiger partial charge in [-0.05, 0) is 81.3 Å². The molecule has 0 radical (unpaired) electrons. The van der Waals surface area contributed by atoms with E-state index in [1.807, 2.05) is 99.6 Å². The van der Waals surface area contributed by atoms with Gasteiger partial charge in [-0.15, -0.1) is 0 Å². The summed E-state index contributed by atoms with van der Waals surface area (Å²) in [4.78, 5) is 32.7. The van der Waals surface area contributed by atoms with E-state index in [0.29, 0.717) is 11.3 Å². The summed E-state index contributed by atoms with van der Waals surface area (Å²) in [5, 5.41) is 11.5. The molecule has 1 fully saturated rings. The van der Waals surface area contributed by atoms with Crippen LogP contribution >= 0.6 is 0 Å². The lowest BCUT2D eigenvalue weighted by Crippen LogP contribution is -2.29. The lowest BCUT2D eigenvalue weighted by atomic mass is 9.93. The van der Waals surface area contributed by atoms with E-state index in [9.17, 15) is 14.7 Å². The van der Waals surface area contributed by atoms with Crippen molar-refractivity contribution in [3.05, 3.63) is 94.6 Å². The molecule has 0 spiro atoms. The third-order valence-corrected chi connectivity index (χ3v) is 7.07. The molecule has 0 aromatic heterocycles. The van der Waals surface area contributed by atoms with E-state index in [-0.39, 0.29) is 11.3 Å². The number of anilines is 3. The zero-order valence-corrected chi connectivity index (χ0v) is 22.4. The van der Waals surface area contributed by atoms with Crippen LogP contribution in [0.2, 0.25) is 0 Å². The number of carbonyl (C=O) groups is 2. The van der Waals surface area contributed by atoms with Crippen molar-refractivity contribution in [3.63, 3.8) is 0 Å². The van der Waals surface area contributed by atoms with Gasteiger partial charge in [0.2, 0.25) is 0 Å². The molecule has 4 rings (SSSR count). The van der Waals surface area contributed by atoms with Crippen LogP contribution in [0.3, 0.4) is 0 Å². The minimum absolute atomic E-state index is 0.103. The van der Waals surface area contributed by atoms with Crippen LogP contribution in [0, 0.1) is 13.8 Å². The maximum Gasteiger partial charge on any atom is 0.300 e. The van der Waals surface area contributed by atoms with Crippen molar-refractivity contribution in [1.29, 1.82) is 0 Å². The number of rotatable bonds is 7. The molecule has 37 heavy (non-hydrogen) atoms. The van der Waals surface area contributed by atoms with Crippen LogP contribution in [0.1, 0.15) is 42.1 Å². The molecule has 0 bridgehead atoms. The molecule has 1 amide bonds. The Morgan fingerprint density at radius 3 is 2.03 bits per heavy atom. The number of ketones is 1. The molecule has 1 aliphatic rings. The fourth-order valence-corrected chi connectivity index (χ4v) is 4.92. The standard InChI is InChI=1S/C31H35N3O3/c1-7-33(8-2)24-13-11-22(12-14-24)28-27(29(35)26-19-20(3)9-10-21(26)4)30(36)31(37)34(28)25-17-15-23(16-18-25)32(5)6/h9-19,28,35H,7-8H2,1-6H3/b29-27+. The van der Waals surface area contributed by atoms with Gasteiger partial charge in [0.15, 0.2) is 0 Å². The van der Waals surface area contributed by atoms with Crippen LogP contribution < -0.4 is 14.7 Å². The molecule has 1 atom stereocenters. The number of benzene rings is 3. The molecular weight excluding hydrogens is 462 g/mol. The summed E-state index contributed by atoms with van der Waals surface area (Å²) >= 11 is 0. The van der Waals surface area contributed by atoms with E-state index in [0.717, 1.165) is 41.2 Å². The molecule has 1 heterocycles. The van der Waals surface area contributed by atoms with E-state index in [4.69, 9.17) is 0 Å². The maximum absolute atomic E-state index is 13.5. The largest absolute Gasteiger partial charge is 0.507 e. The van der Waals surface area contributed by atoms with Crippen LogP contribution in [-0.2, 0) is 9.59 Å². The molecule has 0 saturated carbocycles. The Labute approximate surface area is 219 Å². The smallest absolute Gasteiger partial charge is 0.300 e. The number of carbonyl (C=O) groups excluding carboxylic acids is 2. The zero-order valence-electron chi connectivity index (χ0n) is 22.4. The van der Waals surface area contributed by atoms with E-state index in [1.54, 1.807) is 0 Å². The first-order valence-corrected chi connectivity index (χ1v) is 12.7. The van der Waals surface area contributed by atoms with Gasteiger partial charge in [-0.2, -0.15) is 0 Å². The second kappa shape index (κ2) is 10.5. The summed E-state index contributed by atoms with van der Waals surface area (Å²) in [5.74, 6) is -1.49. The number of nitrogens with zero attached hydrogens (tertiary/aromatic N) is 3. The van der Waals surface area contributed by atoms with Gasteiger partial charge in [0.05, 0.1) is 11.6 Å². The molecule has 192 valence electrons. The normalized spacial score (nSPS) is 16.8. The topological polar surface area (TPSA) is 64.1 Å². The number of aliphatic hydroxyl groups excluding tert-OH is 1. The second-order valence-corrected chi connectivity index (χ2v) is 9.66. The van der Waals surface area contributed by atoms with Crippen LogP contribution in [0.15, 0.2) is 72.3 Å². The Balaban J connectivity index is 1.91. The fraction of sp³-hybridized carbons (Fsp3) is 0.290. The predicted molar refractivity (Wildman–Crippen MR) is 151 cm³/mol. The Bertz CT molecular complexity index is 1340. The summed E-state index contributed by atoms with van der Waals surface area (Å²) in [6.07, 6.45) is 0. The minimum Gasteiger partial charge on any atom is -0.507 e.